The van der Waals surface area contributed by atoms with Gasteiger partial charge in [0.1, 0.15) is 29.9 Å². The summed E-state index contributed by atoms with van der Waals surface area (Å²) in [7, 11) is 0. The summed E-state index contributed by atoms with van der Waals surface area (Å²) in [6, 6.07) is 13.5. The molecule has 0 saturated carbocycles. The Bertz CT molecular complexity index is 2490. The number of rotatable bonds is 19. The van der Waals surface area contributed by atoms with Crippen LogP contribution >= 0.6 is 15.9 Å². The number of fused-ring (bicyclic) bond motifs is 3. The smallest absolute Gasteiger partial charge is 0.489 e. The Labute approximate surface area is 407 Å². The molecule has 4 atom stereocenters. The average molecular weight is 1020 g/mol. The molecule has 1 aliphatic heterocycles. The highest BCUT2D eigenvalue weighted by atomic mass is 79.9. The van der Waals surface area contributed by atoms with Gasteiger partial charge in [-0.25, -0.2) is 9.78 Å². The summed E-state index contributed by atoms with van der Waals surface area (Å²) in [5, 5.41) is 8.62. The molecule has 0 bridgehead atoms. The summed E-state index contributed by atoms with van der Waals surface area (Å²) in [5.74, 6) is 0.478. The largest absolute Gasteiger partial charge is 0.573 e. The molecule has 2 N–H and O–H groups in total. The lowest BCUT2D eigenvalue weighted by atomic mass is 9.60. The third kappa shape index (κ3) is 13.7. The lowest BCUT2D eigenvalue weighted by molar-refractivity contribution is -0.274. The number of ether oxygens (including phenoxy) is 4. The first-order valence-electron chi connectivity index (χ1n) is 23.0. The van der Waals surface area contributed by atoms with Crippen molar-refractivity contribution in [3.05, 3.63) is 116 Å². The topological polar surface area (TPSA) is 174 Å². The molecule has 3 unspecified atom stereocenters. The first kappa shape index (κ1) is 50.9. The van der Waals surface area contributed by atoms with Gasteiger partial charge in [0.25, 0.3) is 5.91 Å². The fourth-order valence-electron chi connectivity index (χ4n) is 9.39. The summed E-state index contributed by atoms with van der Waals surface area (Å²) in [6.45, 7) is 10.4. The second-order valence-corrected chi connectivity index (χ2v) is 19.2. The zero-order valence-corrected chi connectivity index (χ0v) is 40.6. The van der Waals surface area contributed by atoms with Crippen LogP contribution in [0.4, 0.5) is 35.2 Å². The number of nitrogens with zero attached hydrogens (tertiary/aromatic N) is 5. The zero-order valence-electron chi connectivity index (χ0n) is 39.0. The molecule has 0 radical (unpaired) electrons. The molecular weight excluding hydrogens is 963 g/mol. The highest BCUT2D eigenvalue weighted by molar-refractivity contribution is 9.10. The molecule has 15 nitrogen and oxygen atoms in total. The van der Waals surface area contributed by atoms with E-state index in [0.717, 1.165) is 51.8 Å². The van der Waals surface area contributed by atoms with Crippen LogP contribution in [0.15, 0.2) is 88.8 Å². The maximum atomic E-state index is 14.1. The van der Waals surface area contributed by atoms with Crippen LogP contribution in [0.1, 0.15) is 78.2 Å². The van der Waals surface area contributed by atoms with Crippen molar-refractivity contribution in [2.24, 2.45) is 22.4 Å². The first-order chi connectivity index (χ1) is 33.0. The van der Waals surface area contributed by atoms with Crippen LogP contribution in [-0.2, 0) is 20.7 Å². The number of hydrogen-bond donors (Lipinski definition) is 2. The number of aromatic nitrogens is 2. The maximum Gasteiger partial charge on any atom is 0.573 e. The Morgan fingerprint density at radius 2 is 1.80 bits per heavy atom. The van der Waals surface area contributed by atoms with Crippen molar-refractivity contribution >= 4 is 51.0 Å². The van der Waals surface area contributed by atoms with Crippen molar-refractivity contribution in [3.63, 3.8) is 0 Å². The van der Waals surface area contributed by atoms with Gasteiger partial charge >= 0.3 is 12.4 Å². The van der Waals surface area contributed by atoms with Gasteiger partial charge in [-0.2, -0.15) is 0 Å². The molecule has 7 rings (SSSR count). The molecule has 3 aromatic carbocycles. The summed E-state index contributed by atoms with van der Waals surface area (Å²) in [6.07, 6.45) is 5.21. The highest BCUT2D eigenvalue weighted by Crippen LogP contribution is 2.52. The predicted octanol–water partition coefficient (Wildman–Crippen LogP) is 10.3. The van der Waals surface area contributed by atoms with E-state index >= 15 is 0 Å². The second kappa shape index (κ2) is 22.7. The fourth-order valence-corrected chi connectivity index (χ4v) is 9.73. The van der Waals surface area contributed by atoms with E-state index in [1.54, 1.807) is 41.1 Å². The van der Waals surface area contributed by atoms with E-state index in [1.807, 2.05) is 19.1 Å². The number of carbonyl (C=O) groups is 3. The first-order valence-corrected chi connectivity index (χ1v) is 23.8. The van der Waals surface area contributed by atoms with E-state index in [9.17, 15) is 32.5 Å². The molecule has 0 spiro atoms. The van der Waals surface area contributed by atoms with Gasteiger partial charge in [0.05, 0.1) is 43.5 Å². The van der Waals surface area contributed by atoms with E-state index in [0.29, 0.717) is 75.1 Å². The van der Waals surface area contributed by atoms with Crippen LogP contribution in [0.2, 0.25) is 0 Å². The number of nitroso groups, excluding NO2 is 1. The van der Waals surface area contributed by atoms with Gasteiger partial charge < -0.3 is 34.1 Å². The van der Waals surface area contributed by atoms with Crippen molar-refractivity contribution in [1.82, 2.24) is 19.8 Å². The Kier molecular flexibility index (Phi) is 16.7. The molecular formula is C50H57BrF3N7O8. The van der Waals surface area contributed by atoms with Crippen LogP contribution in [0.25, 0.3) is 0 Å². The minimum absolute atomic E-state index is 0.0162. The number of hydrogen-bond acceptors (Lipinski definition) is 11. The Morgan fingerprint density at radius 3 is 2.54 bits per heavy atom. The third-order valence-corrected chi connectivity index (χ3v) is 13.7. The van der Waals surface area contributed by atoms with E-state index in [4.69, 9.17) is 14.2 Å². The van der Waals surface area contributed by atoms with Crippen LogP contribution in [0.3, 0.4) is 0 Å². The molecule has 1 saturated heterocycles. The van der Waals surface area contributed by atoms with Crippen LogP contribution in [0, 0.1) is 36.0 Å². The quantitative estimate of drug-likeness (QED) is 0.0523. The zero-order chi connectivity index (χ0) is 49.3. The van der Waals surface area contributed by atoms with E-state index in [2.05, 4.69) is 72.4 Å². The van der Waals surface area contributed by atoms with Crippen molar-refractivity contribution in [2.45, 2.75) is 78.2 Å². The number of nitrogens with one attached hydrogen (secondary N) is 2. The summed E-state index contributed by atoms with van der Waals surface area (Å²) >= 11 is 3.52. The number of alkyl halides is 3. The monoisotopic (exact) mass is 1020 g/mol. The fraction of sp³-hybridized carbons (Fsp3) is 0.460. The number of anilines is 2. The number of benzene rings is 3. The molecule has 3 aliphatic rings. The van der Waals surface area contributed by atoms with E-state index in [1.165, 1.54) is 18.3 Å². The minimum Gasteiger partial charge on any atom is -0.489 e. The number of urea groups is 1. The van der Waals surface area contributed by atoms with Crippen LogP contribution in [-0.4, -0.2) is 103 Å². The molecule has 1 fully saturated rings. The molecule has 368 valence electrons. The van der Waals surface area contributed by atoms with Crippen LogP contribution < -0.4 is 20.1 Å². The van der Waals surface area contributed by atoms with Crippen molar-refractivity contribution in [2.75, 3.05) is 63.2 Å². The molecule has 1 aromatic heterocycles. The number of aryl methyl sites for hydroxylation is 2. The summed E-state index contributed by atoms with van der Waals surface area (Å²) in [5.41, 5.74) is 4.50. The Morgan fingerprint density at radius 1 is 1.00 bits per heavy atom. The Balaban J connectivity index is 0.895. The van der Waals surface area contributed by atoms with Gasteiger partial charge in [0.2, 0.25) is 5.91 Å². The van der Waals surface area contributed by atoms with E-state index < -0.39 is 29.7 Å². The molecule has 2 aliphatic carbocycles. The van der Waals surface area contributed by atoms with Crippen LogP contribution in [0.5, 0.6) is 11.5 Å². The van der Waals surface area contributed by atoms with Gasteiger partial charge in [-0.15, -0.1) is 18.1 Å². The number of unbranched alkanes of at least 4 members (excludes halogenated alkanes) is 1. The molecule has 4 aromatic rings. The third-order valence-electron chi connectivity index (χ3n) is 12.9. The SMILES string of the molecule is Cc1cnc(NC(=O)Nc2cc(Br)c(C)cc2OC[C@@H]2CN(C(=O)CCCCOCCN(CC(C)(C)C3Cc4ccc(N=O)cc4C4C=CCC43)C(=O)c3ccc(OC(F)(F)F)cc3)CCO2)cn1. The normalized spacial score (nSPS) is 18.8. The number of carbonyl (C=O) groups excluding carboxylic acids is 3. The summed E-state index contributed by atoms with van der Waals surface area (Å²) in [4.78, 5) is 63.5. The molecule has 19 heteroatoms. The number of morpholine rings is 1. The summed E-state index contributed by atoms with van der Waals surface area (Å²) < 4.78 is 61.7. The number of allylic oxidation sites excluding steroid dienone is 2. The lowest BCUT2D eigenvalue weighted by Crippen LogP contribution is -2.47. The van der Waals surface area contributed by atoms with Gasteiger partial charge in [-0.1, -0.05) is 48.0 Å². The van der Waals surface area contributed by atoms with Crippen molar-refractivity contribution < 1.29 is 46.5 Å². The molecule has 2 heterocycles. The minimum atomic E-state index is -4.86. The maximum absolute atomic E-state index is 14.1. The van der Waals surface area contributed by atoms with Gasteiger partial charge in [0.15, 0.2) is 5.82 Å². The predicted molar refractivity (Wildman–Crippen MR) is 257 cm³/mol. The second-order valence-electron chi connectivity index (χ2n) is 18.4. The van der Waals surface area contributed by atoms with Gasteiger partial charge in [-0.05, 0) is 127 Å². The average Bonchev–Trinajstić information content (AvgIpc) is 3.82. The Hall–Kier alpha value is -5.92. The highest BCUT2D eigenvalue weighted by Gasteiger charge is 2.45. The van der Waals surface area contributed by atoms with Crippen molar-refractivity contribution in [1.29, 1.82) is 0 Å². The lowest BCUT2D eigenvalue weighted by Gasteiger charge is -2.46. The van der Waals surface area contributed by atoms with Gasteiger partial charge in [0, 0.05) is 48.6 Å². The van der Waals surface area contributed by atoms with E-state index in [-0.39, 0.29) is 54.9 Å². The van der Waals surface area contributed by atoms with Crippen molar-refractivity contribution in [3.8, 4) is 11.5 Å². The standard InChI is InChI=1S/C50H57BrF3N7O8/c1-31-22-44(43(25-42(31)51)57-48(64)58-45-27-55-32(2)26-56-45)68-29-37-28-60(18-21-67-37)46(62)10-5-6-19-66-20-17-61(47(63)33-12-15-36(16-13-33)69-50(52,53)54)30-49(3,4)41-23-34-11-14-35(59-65)24-40(34)38-8-7-9-39(38)41/h7-8,11-16,22,24-27,37-39,41H,5-6,9-10,17-21,23,28-30H2,1-4H3,(H2,56,57,58,64)/t37-,38?,39?,41?/m0/s1. The number of amides is 4. The molecule has 4 amide bonds. The number of halogens is 4. The molecule has 69 heavy (non-hydrogen) atoms. The van der Waals surface area contributed by atoms with Gasteiger partial charge in [-0.3, -0.25) is 19.9 Å².